The molecule has 0 saturated heterocycles. The van der Waals surface area contributed by atoms with Gasteiger partial charge in [-0.3, -0.25) is 10.1 Å². The lowest BCUT2D eigenvalue weighted by atomic mass is 10.2. The summed E-state index contributed by atoms with van der Waals surface area (Å²) < 4.78 is 0. The van der Waals surface area contributed by atoms with Gasteiger partial charge in [0.25, 0.3) is 5.91 Å². The molecule has 84 valence electrons. The van der Waals surface area contributed by atoms with E-state index < -0.39 is 18.5 Å². The molecule has 1 aromatic rings. The quantitative estimate of drug-likeness (QED) is 0.489. The first-order valence-corrected chi connectivity index (χ1v) is 4.51. The minimum atomic E-state index is -0.786. The maximum atomic E-state index is 10.9. The predicted octanol–water partition coefficient (Wildman–Crippen LogP) is -0.161. The summed E-state index contributed by atoms with van der Waals surface area (Å²) in [4.78, 5) is 21.5. The van der Waals surface area contributed by atoms with Crippen molar-refractivity contribution in [2.24, 2.45) is 5.10 Å². The second-order valence-corrected chi connectivity index (χ2v) is 2.82. The van der Waals surface area contributed by atoms with Crippen molar-refractivity contribution < 1.29 is 14.7 Å². The molecule has 3 N–H and O–H groups in total. The van der Waals surface area contributed by atoms with Crippen LogP contribution >= 0.6 is 0 Å². The summed E-state index contributed by atoms with van der Waals surface area (Å²) in [6.45, 7) is -0.740. The Morgan fingerprint density at radius 1 is 1.31 bits per heavy atom. The van der Waals surface area contributed by atoms with E-state index in [4.69, 9.17) is 5.11 Å². The fourth-order valence-electron chi connectivity index (χ4n) is 0.899. The molecular formula is C10H11N3O3. The van der Waals surface area contributed by atoms with E-state index >= 15 is 0 Å². The first kappa shape index (κ1) is 11.9. The minimum absolute atomic E-state index is 0.740. The number of carbonyl (C=O) groups is 2. The highest BCUT2D eigenvalue weighted by molar-refractivity contribution is 5.95. The first-order chi connectivity index (χ1) is 7.72. The fraction of sp³-hybridized carbons (Fsp3) is 0.100. The van der Waals surface area contributed by atoms with Gasteiger partial charge in [-0.2, -0.15) is 5.10 Å². The minimum Gasteiger partial charge on any atom is -0.387 e. The van der Waals surface area contributed by atoms with Gasteiger partial charge in [0.1, 0.15) is 6.61 Å². The Balaban J connectivity index is 2.37. The number of hydrogen-bond acceptors (Lipinski definition) is 4. The summed E-state index contributed by atoms with van der Waals surface area (Å²) in [7, 11) is 0. The van der Waals surface area contributed by atoms with Crippen molar-refractivity contribution in [3.8, 4) is 0 Å². The lowest BCUT2D eigenvalue weighted by molar-refractivity contribution is -0.122. The Morgan fingerprint density at radius 2 is 2.00 bits per heavy atom. The molecule has 0 aliphatic carbocycles. The molecule has 0 atom stereocenters. The molecule has 6 nitrogen and oxygen atoms in total. The van der Waals surface area contributed by atoms with Gasteiger partial charge in [0.15, 0.2) is 0 Å². The van der Waals surface area contributed by atoms with Gasteiger partial charge in [-0.05, 0) is 5.56 Å². The number of nitrogens with zero attached hydrogens (tertiary/aromatic N) is 1. The molecule has 0 radical (unpaired) electrons. The van der Waals surface area contributed by atoms with Gasteiger partial charge >= 0.3 is 6.03 Å². The zero-order valence-electron chi connectivity index (χ0n) is 8.38. The largest absolute Gasteiger partial charge is 0.387 e. The standard InChI is InChI=1S/C10H11N3O3/c14-7-9(15)12-10(16)13-11-6-8-4-2-1-3-5-8/h1-6,14H,7H2,(H2,12,13,15,16). The summed E-state index contributed by atoms with van der Waals surface area (Å²) in [5.41, 5.74) is 2.90. The number of hydrogen-bond donors (Lipinski definition) is 3. The van der Waals surface area contributed by atoms with Gasteiger partial charge in [-0.1, -0.05) is 30.3 Å². The van der Waals surface area contributed by atoms with Crippen LogP contribution < -0.4 is 10.7 Å². The van der Waals surface area contributed by atoms with Crippen LogP contribution in [-0.4, -0.2) is 29.9 Å². The van der Waals surface area contributed by atoms with Crippen LogP contribution in [0, 0.1) is 0 Å². The van der Waals surface area contributed by atoms with Crippen LogP contribution in [0.2, 0.25) is 0 Å². The van der Waals surface area contributed by atoms with Crippen LogP contribution in [-0.2, 0) is 4.79 Å². The van der Waals surface area contributed by atoms with Crippen LogP contribution in [0.25, 0.3) is 0 Å². The third-order valence-electron chi connectivity index (χ3n) is 1.58. The Kier molecular flexibility index (Phi) is 4.68. The van der Waals surface area contributed by atoms with E-state index in [1.807, 2.05) is 35.6 Å². The third kappa shape index (κ3) is 4.34. The smallest absolute Gasteiger partial charge is 0.341 e. The predicted molar refractivity (Wildman–Crippen MR) is 57.8 cm³/mol. The van der Waals surface area contributed by atoms with Crippen LogP contribution in [0.15, 0.2) is 35.4 Å². The van der Waals surface area contributed by atoms with Gasteiger partial charge < -0.3 is 5.11 Å². The molecular weight excluding hydrogens is 210 g/mol. The molecule has 1 aromatic carbocycles. The van der Waals surface area contributed by atoms with Crippen molar-refractivity contribution >= 4 is 18.2 Å². The number of aliphatic hydroxyl groups excluding tert-OH is 1. The van der Waals surface area contributed by atoms with Gasteiger partial charge in [0, 0.05) is 0 Å². The Hall–Kier alpha value is -2.21. The average molecular weight is 221 g/mol. The van der Waals surface area contributed by atoms with Gasteiger partial charge in [-0.15, -0.1) is 0 Å². The van der Waals surface area contributed by atoms with Crippen LogP contribution in [0.4, 0.5) is 4.79 Å². The summed E-state index contributed by atoms with van der Waals surface area (Å²) >= 11 is 0. The second kappa shape index (κ2) is 6.31. The summed E-state index contributed by atoms with van der Waals surface area (Å²) in [6, 6.07) is 8.35. The van der Waals surface area contributed by atoms with Crippen LogP contribution in [0.1, 0.15) is 5.56 Å². The van der Waals surface area contributed by atoms with Gasteiger partial charge in [0.05, 0.1) is 6.21 Å². The normalized spacial score (nSPS) is 10.1. The molecule has 1 rings (SSSR count). The topological polar surface area (TPSA) is 90.8 Å². The maximum absolute atomic E-state index is 10.9. The number of aliphatic hydroxyl groups is 1. The Morgan fingerprint density at radius 3 is 2.62 bits per heavy atom. The Bertz CT molecular complexity index is 390. The fourth-order valence-corrected chi connectivity index (χ4v) is 0.899. The number of urea groups is 1. The molecule has 0 saturated carbocycles. The van der Waals surface area contributed by atoms with Crippen molar-refractivity contribution in [3.63, 3.8) is 0 Å². The highest BCUT2D eigenvalue weighted by Gasteiger charge is 2.03. The Labute approximate surface area is 92.0 Å². The second-order valence-electron chi connectivity index (χ2n) is 2.82. The number of benzene rings is 1. The van der Waals surface area contributed by atoms with Crippen molar-refractivity contribution in [1.29, 1.82) is 0 Å². The van der Waals surface area contributed by atoms with Crippen LogP contribution in [0.5, 0.6) is 0 Å². The molecule has 3 amide bonds. The van der Waals surface area contributed by atoms with Gasteiger partial charge in [0.2, 0.25) is 0 Å². The average Bonchev–Trinajstić information content (AvgIpc) is 2.30. The zero-order chi connectivity index (χ0) is 11.8. The summed E-state index contributed by atoms with van der Waals surface area (Å²) in [5, 5.41) is 13.8. The maximum Gasteiger partial charge on any atom is 0.341 e. The lowest BCUT2D eigenvalue weighted by Crippen LogP contribution is -2.38. The molecule has 0 unspecified atom stereocenters. The third-order valence-corrected chi connectivity index (χ3v) is 1.58. The van der Waals surface area contributed by atoms with E-state index in [0.29, 0.717) is 0 Å². The zero-order valence-corrected chi connectivity index (χ0v) is 8.38. The number of imide groups is 1. The number of amides is 3. The number of rotatable bonds is 3. The number of carbonyl (C=O) groups excluding carboxylic acids is 2. The van der Waals surface area contributed by atoms with Crippen LogP contribution in [0.3, 0.4) is 0 Å². The molecule has 0 aromatic heterocycles. The SMILES string of the molecule is O=C(CO)NC(=O)NN=Cc1ccccc1. The molecule has 0 aliphatic rings. The molecule has 0 bridgehead atoms. The van der Waals surface area contributed by atoms with E-state index in [2.05, 4.69) is 10.5 Å². The van der Waals surface area contributed by atoms with E-state index in [-0.39, 0.29) is 0 Å². The van der Waals surface area contributed by atoms with E-state index in [9.17, 15) is 9.59 Å². The number of hydrazone groups is 1. The lowest BCUT2D eigenvalue weighted by Gasteiger charge is -1.99. The highest BCUT2D eigenvalue weighted by Crippen LogP contribution is 1.92. The van der Waals surface area contributed by atoms with E-state index in [1.165, 1.54) is 6.21 Å². The monoisotopic (exact) mass is 221 g/mol. The first-order valence-electron chi connectivity index (χ1n) is 4.51. The number of nitrogens with one attached hydrogen (secondary N) is 2. The highest BCUT2D eigenvalue weighted by atomic mass is 16.3. The van der Waals surface area contributed by atoms with Gasteiger partial charge in [-0.25, -0.2) is 10.2 Å². The molecule has 0 spiro atoms. The molecule has 0 aliphatic heterocycles. The molecule has 0 heterocycles. The van der Waals surface area contributed by atoms with Crippen molar-refractivity contribution in [3.05, 3.63) is 35.9 Å². The molecule has 0 fully saturated rings. The van der Waals surface area contributed by atoms with Crippen molar-refractivity contribution in [1.82, 2.24) is 10.7 Å². The van der Waals surface area contributed by atoms with Crippen molar-refractivity contribution in [2.75, 3.05) is 6.61 Å². The summed E-state index contributed by atoms with van der Waals surface area (Å²) in [5.74, 6) is -0.785. The van der Waals surface area contributed by atoms with E-state index in [0.717, 1.165) is 5.56 Å². The van der Waals surface area contributed by atoms with Crippen molar-refractivity contribution in [2.45, 2.75) is 0 Å². The molecule has 6 heteroatoms. The molecule has 16 heavy (non-hydrogen) atoms. The summed E-state index contributed by atoms with van der Waals surface area (Å²) in [6.07, 6.45) is 1.43. The van der Waals surface area contributed by atoms with E-state index in [1.54, 1.807) is 0 Å².